The van der Waals surface area contributed by atoms with Gasteiger partial charge in [-0.15, -0.1) is 0 Å². The fourth-order valence-electron chi connectivity index (χ4n) is 4.14. The van der Waals surface area contributed by atoms with Crippen LogP contribution in [0.1, 0.15) is 49.3 Å². The number of halogens is 4. The summed E-state index contributed by atoms with van der Waals surface area (Å²) in [5.41, 5.74) is 0.192. The van der Waals surface area contributed by atoms with E-state index >= 15 is 0 Å². The highest BCUT2D eigenvalue weighted by Crippen LogP contribution is 2.41. The molecule has 2 fully saturated rings. The van der Waals surface area contributed by atoms with Gasteiger partial charge in [-0.05, 0) is 36.5 Å². The Labute approximate surface area is 146 Å². The Balaban J connectivity index is 1.90. The predicted molar refractivity (Wildman–Crippen MR) is 90.2 cm³/mol. The van der Waals surface area contributed by atoms with Gasteiger partial charge in [-0.25, -0.2) is 0 Å². The molecule has 1 saturated heterocycles. The highest BCUT2D eigenvalue weighted by atomic mass is 35.5. The molecule has 1 aliphatic carbocycles. The molecule has 1 N–H and O–H groups in total. The van der Waals surface area contributed by atoms with Crippen molar-refractivity contribution in [2.24, 2.45) is 5.92 Å². The van der Waals surface area contributed by atoms with Crippen molar-refractivity contribution in [3.8, 4) is 0 Å². The van der Waals surface area contributed by atoms with E-state index in [9.17, 15) is 13.2 Å². The van der Waals surface area contributed by atoms with Crippen LogP contribution in [0, 0.1) is 5.92 Å². The lowest BCUT2D eigenvalue weighted by Gasteiger charge is -2.41. The van der Waals surface area contributed by atoms with Crippen LogP contribution in [0.5, 0.6) is 0 Å². The van der Waals surface area contributed by atoms with Gasteiger partial charge in [-0.1, -0.05) is 36.9 Å². The SMILES string of the molecule is FC(F)(F)c1ccc([C@H](C2CCCCC2)N2CCNCC2)cc1Cl. The summed E-state index contributed by atoms with van der Waals surface area (Å²) < 4.78 is 39.0. The molecular formula is C18H24ClF3N2. The summed E-state index contributed by atoms with van der Waals surface area (Å²) in [6.07, 6.45) is 1.58. The van der Waals surface area contributed by atoms with E-state index in [1.54, 1.807) is 12.1 Å². The van der Waals surface area contributed by atoms with E-state index in [2.05, 4.69) is 10.2 Å². The van der Waals surface area contributed by atoms with Crippen molar-refractivity contribution >= 4 is 11.6 Å². The van der Waals surface area contributed by atoms with E-state index in [0.717, 1.165) is 50.7 Å². The standard InChI is InChI=1S/C18H24ClF3N2/c19-16-12-14(6-7-15(16)18(20,21)22)17(13-4-2-1-3-5-13)24-10-8-23-9-11-24/h6-7,12-13,17,23H,1-5,8-11H2/t17-/m0/s1. The zero-order chi connectivity index (χ0) is 17.2. The summed E-state index contributed by atoms with van der Waals surface area (Å²) >= 11 is 5.99. The molecule has 2 nitrogen and oxygen atoms in total. The van der Waals surface area contributed by atoms with Gasteiger partial charge in [0.15, 0.2) is 0 Å². The van der Waals surface area contributed by atoms with Crippen LogP contribution in [0.15, 0.2) is 18.2 Å². The maximum atomic E-state index is 13.0. The van der Waals surface area contributed by atoms with Crippen LogP contribution >= 0.6 is 11.6 Å². The molecule has 1 heterocycles. The summed E-state index contributed by atoms with van der Waals surface area (Å²) in [4.78, 5) is 2.42. The first kappa shape index (κ1) is 18.0. The van der Waals surface area contributed by atoms with Crippen LogP contribution in [0.4, 0.5) is 13.2 Å². The molecule has 0 aromatic heterocycles. The molecule has 0 unspecified atom stereocenters. The van der Waals surface area contributed by atoms with E-state index in [-0.39, 0.29) is 11.1 Å². The number of rotatable bonds is 3. The van der Waals surface area contributed by atoms with Gasteiger partial charge in [0, 0.05) is 32.2 Å². The highest BCUT2D eigenvalue weighted by molar-refractivity contribution is 6.31. The van der Waals surface area contributed by atoms with Gasteiger partial charge in [-0.3, -0.25) is 4.90 Å². The maximum Gasteiger partial charge on any atom is 0.417 e. The molecule has 1 aromatic carbocycles. The van der Waals surface area contributed by atoms with E-state index in [1.807, 2.05) is 0 Å². The number of piperazine rings is 1. The molecule has 1 aliphatic heterocycles. The van der Waals surface area contributed by atoms with Gasteiger partial charge < -0.3 is 5.32 Å². The smallest absolute Gasteiger partial charge is 0.314 e. The van der Waals surface area contributed by atoms with Crippen molar-refractivity contribution in [3.63, 3.8) is 0 Å². The largest absolute Gasteiger partial charge is 0.417 e. The lowest BCUT2D eigenvalue weighted by molar-refractivity contribution is -0.137. The molecule has 24 heavy (non-hydrogen) atoms. The molecule has 0 amide bonds. The van der Waals surface area contributed by atoms with Crippen LogP contribution in [-0.4, -0.2) is 31.1 Å². The fourth-order valence-corrected chi connectivity index (χ4v) is 4.43. The lowest BCUT2D eigenvalue weighted by atomic mass is 9.80. The van der Waals surface area contributed by atoms with Crippen LogP contribution in [0.3, 0.4) is 0 Å². The monoisotopic (exact) mass is 360 g/mol. The Morgan fingerprint density at radius 3 is 2.33 bits per heavy atom. The zero-order valence-corrected chi connectivity index (χ0v) is 14.5. The van der Waals surface area contributed by atoms with Gasteiger partial charge in [0.2, 0.25) is 0 Å². The first-order valence-corrected chi connectivity index (χ1v) is 9.16. The highest BCUT2D eigenvalue weighted by Gasteiger charge is 2.35. The molecular weight excluding hydrogens is 337 g/mol. The average Bonchev–Trinajstić information content (AvgIpc) is 2.56. The van der Waals surface area contributed by atoms with E-state index in [0.29, 0.717) is 5.92 Å². The van der Waals surface area contributed by atoms with Crippen molar-refractivity contribution in [1.29, 1.82) is 0 Å². The summed E-state index contributed by atoms with van der Waals surface area (Å²) in [5.74, 6) is 0.504. The molecule has 3 rings (SSSR count). The van der Waals surface area contributed by atoms with E-state index < -0.39 is 11.7 Å². The molecule has 1 aromatic rings. The number of hydrogen-bond acceptors (Lipinski definition) is 2. The summed E-state index contributed by atoms with van der Waals surface area (Å²) in [6.45, 7) is 3.72. The third kappa shape index (κ3) is 4.06. The van der Waals surface area contributed by atoms with Gasteiger partial charge in [0.25, 0.3) is 0 Å². The topological polar surface area (TPSA) is 15.3 Å². The van der Waals surface area contributed by atoms with Crippen LogP contribution < -0.4 is 5.32 Å². The second-order valence-corrected chi connectivity index (χ2v) is 7.27. The predicted octanol–water partition coefficient (Wildman–Crippen LogP) is 4.89. The van der Waals surface area contributed by atoms with Gasteiger partial charge >= 0.3 is 6.18 Å². The minimum absolute atomic E-state index is 0.173. The number of nitrogens with zero attached hydrogens (tertiary/aromatic N) is 1. The normalized spacial score (nSPS) is 22.5. The maximum absolute atomic E-state index is 13.0. The fraction of sp³-hybridized carbons (Fsp3) is 0.667. The second kappa shape index (κ2) is 7.63. The zero-order valence-electron chi connectivity index (χ0n) is 13.7. The Hall–Kier alpha value is -0.780. The molecule has 134 valence electrons. The summed E-state index contributed by atoms with van der Waals surface area (Å²) in [7, 11) is 0. The number of nitrogens with one attached hydrogen (secondary N) is 1. The molecule has 2 aliphatic rings. The summed E-state index contributed by atoms with van der Waals surface area (Å²) in [5, 5.41) is 3.16. The Morgan fingerprint density at radius 1 is 1.08 bits per heavy atom. The first-order valence-electron chi connectivity index (χ1n) is 8.78. The molecule has 0 bridgehead atoms. The number of alkyl halides is 3. The van der Waals surface area contributed by atoms with E-state index in [4.69, 9.17) is 11.6 Å². The van der Waals surface area contributed by atoms with Crippen LogP contribution in [0.25, 0.3) is 0 Å². The van der Waals surface area contributed by atoms with Gasteiger partial charge in [-0.2, -0.15) is 13.2 Å². The third-order valence-electron chi connectivity index (χ3n) is 5.28. The van der Waals surface area contributed by atoms with Crippen molar-refractivity contribution in [1.82, 2.24) is 10.2 Å². The van der Waals surface area contributed by atoms with Gasteiger partial charge in [0.1, 0.15) is 0 Å². The molecule has 0 radical (unpaired) electrons. The summed E-state index contributed by atoms with van der Waals surface area (Å²) in [6, 6.07) is 4.50. The Morgan fingerprint density at radius 2 is 1.75 bits per heavy atom. The number of benzene rings is 1. The van der Waals surface area contributed by atoms with Crippen LogP contribution in [0.2, 0.25) is 5.02 Å². The van der Waals surface area contributed by atoms with E-state index in [1.165, 1.54) is 19.3 Å². The second-order valence-electron chi connectivity index (χ2n) is 6.87. The van der Waals surface area contributed by atoms with Gasteiger partial charge in [0.05, 0.1) is 10.6 Å². The minimum atomic E-state index is -4.40. The van der Waals surface area contributed by atoms with Crippen LogP contribution in [-0.2, 0) is 6.18 Å². The van der Waals surface area contributed by atoms with Crippen molar-refractivity contribution in [3.05, 3.63) is 34.3 Å². The Kier molecular flexibility index (Phi) is 5.73. The third-order valence-corrected chi connectivity index (χ3v) is 5.59. The number of hydrogen-bond donors (Lipinski definition) is 1. The quantitative estimate of drug-likeness (QED) is 0.826. The van der Waals surface area contributed by atoms with Crippen molar-refractivity contribution in [2.45, 2.75) is 44.3 Å². The molecule has 6 heteroatoms. The molecule has 1 saturated carbocycles. The Bertz CT molecular complexity index is 532. The van der Waals surface area contributed by atoms with Crippen molar-refractivity contribution in [2.75, 3.05) is 26.2 Å². The average molecular weight is 361 g/mol. The lowest BCUT2D eigenvalue weighted by Crippen LogP contribution is -2.47. The minimum Gasteiger partial charge on any atom is -0.314 e. The molecule has 0 spiro atoms. The molecule has 1 atom stereocenters. The first-order chi connectivity index (χ1) is 11.5. The van der Waals surface area contributed by atoms with Crippen molar-refractivity contribution < 1.29 is 13.2 Å².